The number of nitrogens with zero attached hydrogens (tertiary/aromatic N) is 2. The van der Waals surface area contributed by atoms with Gasteiger partial charge in [-0.15, -0.1) is 11.8 Å². The van der Waals surface area contributed by atoms with Gasteiger partial charge in [0.05, 0.1) is 11.6 Å². The van der Waals surface area contributed by atoms with Crippen LogP contribution >= 0.6 is 11.8 Å². The van der Waals surface area contributed by atoms with E-state index in [1.165, 1.54) is 20.9 Å². The summed E-state index contributed by atoms with van der Waals surface area (Å²) in [7, 11) is 1.90. The molecule has 3 rings (SSSR count). The van der Waals surface area contributed by atoms with Crippen molar-refractivity contribution in [3.05, 3.63) is 65.2 Å². The molecular weight excluding hydrogens is 380 g/mol. The molecular formula is C23H30N4OS+2. The van der Waals surface area contributed by atoms with E-state index in [9.17, 15) is 4.79 Å². The first-order chi connectivity index (χ1) is 14.1. The summed E-state index contributed by atoms with van der Waals surface area (Å²) in [6.45, 7) is 6.41. The van der Waals surface area contributed by atoms with E-state index in [0.717, 1.165) is 32.7 Å². The largest absolute Gasteiger partial charge is 0.337 e. The molecule has 0 atom stereocenters. The number of thioether (sulfide) groups is 1. The van der Waals surface area contributed by atoms with Crippen molar-refractivity contribution in [2.24, 2.45) is 0 Å². The topological polar surface area (TPSA) is 53.0 Å². The number of amides is 1. The zero-order chi connectivity index (χ0) is 20.6. The molecule has 6 heteroatoms. The van der Waals surface area contributed by atoms with Gasteiger partial charge in [-0.25, -0.2) is 0 Å². The van der Waals surface area contributed by atoms with Crippen LogP contribution in [0.3, 0.4) is 0 Å². The quantitative estimate of drug-likeness (QED) is 0.643. The van der Waals surface area contributed by atoms with Crippen molar-refractivity contribution in [3.63, 3.8) is 0 Å². The Labute approximate surface area is 177 Å². The highest BCUT2D eigenvalue weighted by Gasteiger charge is 2.26. The molecule has 1 saturated heterocycles. The van der Waals surface area contributed by atoms with Crippen molar-refractivity contribution in [1.82, 2.24) is 4.90 Å². The summed E-state index contributed by atoms with van der Waals surface area (Å²) < 4.78 is 0. The van der Waals surface area contributed by atoms with Crippen LogP contribution in [-0.2, 0) is 17.9 Å². The highest BCUT2D eigenvalue weighted by atomic mass is 32.2. The summed E-state index contributed by atoms with van der Waals surface area (Å²) in [6, 6.07) is 18.5. The van der Waals surface area contributed by atoms with Gasteiger partial charge in [0, 0.05) is 24.1 Å². The van der Waals surface area contributed by atoms with E-state index in [4.69, 9.17) is 5.26 Å². The number of hydrogen-bond acceptors (Lipinski definition) is 3. The fourth-order valence-electron chi connectivity index (χ4n) is 3.74. The third-order valence-electron chi connectivity index (χ3n) is 5.61. The van der Waals surface area contributed by atoms with Gasteiger partial charge < -0.3 is 14.7 Å². The molecule has 1 heterocycles. The van der Waals surface area contributed by atoms with E-state index in [0.29, 0.717) is 18.7 Å². The SMILES string of the molecule is CSc1ccc(CN(C)C(=O)C[NH+]2CC[NH+](Cc3ccc(C#N)cc3)CC2)cc1. The van der Waals surface area contributed by atoms with E-state index in [2.05, 4.69) is 48.7 Å². The van der Waals surface area contributed by atoms with Crippen LogP contribution in [-0.4, -0.2) is 56.8 Å². The minimum absolute atomic E-state index is 0.212. The van der Waals surface area contributed by atoms with Gasteiger partial charge in [-0.3, -0.25) is 4.79 Å². The maximum Gasteiger partial charge on any atom is 0.277 e. The lowest BCUT2D eigenvalue weighted by atomic mass is 10.1. The van der Waals surface area contributed by atoms with Crippen molar-refractivity contribution < 1.29 is 14.6 Å². The predicted octanol–water partition coefficient (Wildman–Crippen LogP) is 0.222. The van der Waals surface area contributed by atoms with Gasteiger partial charge in [0.25, 0.3) is 5.91 Å². The van der Waals surface area contributed by atoms with Crippen LogP contribution in [0.1, 0.15) is 16.7 Å². The van der Waals surface area contributed by atoms with Crippen LogP contribution in [0.2, 0.25) is 0 Å². The average molecular weight is 411 g/mol. The second kappa shape index (κ2) is 10.4. The number of nitriles is 1. The van der Waals surface area contributed by atoms with Gasteiger partial charge in [-0.1, -0.05) is 24.3 Å². The number of piperazine rings is 1. The highest BCUT2D eigenvalue weighted by molar-refractivity contribution is 7.98. The number of quaternary nitrogens is 2. The molecule has 2 N–H and O–H groups in total. The average Bonchev–Trinajstić information content (AvgIpc) is 2.76. The Morgan fingerprint density at radius 1 is 1.00 bits per heavy atom. The molecule has 0 saturated carbocycles. The van der Waals surface area contributed by atoms with E-state index in [1.807, 2.05) is 24.1 Å². The lowest BCUT2D eigenvalue weighted by molar-refractivity contribution is -1.02. The summed E-state index contributed by atoms with van der Waals surface area (Å²) in [5, 5.41) is 8.90. The first kappa shape index (κ1) is 21.4. The Balaban J connectivity index is 1.41. The summed E-state index contributed by atoms with van der Waals surface area (Å²) >= 11 is 1.73. The number of carbonyl (C=O) groups excluding carboxylic acids is 1. The summed E-state index contributed by atoms with van der Waals surface area (Å²) in [5.41, 5.74) is 3.15. The van der Waals surface area contributed by atoms with Gasteiger partial charge in [0.15, 0.2) is 6.54 Å². The molecule has 1 fully saturated rings. The van der Waals surface area contributed by atoms with Gasteiger partial charge in [0.2, 0.25) is 0 Å². The van der Waals surface area contributed by atoms with E-state index < -0.39 is 0 Å². The molecule has 152 valence electrons. The smallest absolute Gasteiger partial charge is 0.277 e. The molecule has 1 amide bonds. The van der Waals surface area contributed by atoms with Crippen LogP contribution in [0.25, 0.3) is 0 Å². The Morgan fingerprint density at radius 3 is 2.17 bits per heavy atom. The first-order valence-corrected chi connectivity index (χ1v) is 11.3. The van der Waals surface area contributed by atoms with Gasteiger partial charge in [-0.2, -0.15) is 5.26 Å². The van der Waals surface area contributed by atoms with Crippen LogP contribution in [0.4, 0.5) is 0 Å². The van der Waals surface area contributed by atoms with Gasteiger partial charge in [-0.05, 0) is 36.1 Å². The minimum atomic E-state index is 0.212. The third-order valence-corrected chi connectivity index (χ3v) is 6.35. The van der Waals surface area contributed by atoms with Crippen LogP contribution < -0.4 is 9.80 Å². The van der Waals surface area contributed by atoms with Gasteiger partial charge >= 0.3 is 0 Å². The number of hydrogen-bond donors (Lipinski definition) is 2. The molecule has 0 aliphatic carbocycles. The molecule has 0 unspecified atom stereocenters. The number of benzene rings is 2. The Bertz CT molecular complexity index is 837. The Hall–Kier alpha value is -2.33. The predicted molar refractivity (Wildman–Crippen MR) is 116 cm³/mol. The molecule has 0 aromatic heterocycles. The lowest BCUT2D eigenvalue weighted by Crippen LogP contribution is -3.28. The van der Waals surface area contributed by atoms with E-state index >= 15 is 0 Å². The fourth-order valence-corrected chi connectivity index (χ4v) is 4.15. The number of rotatable bonds is 7. The highest BCUT2D eigenvalue weighted by Crippen LogP contribution is 2.15. The summed E-state index contributed by atoms with van der Waals surface area (Å²) in [4.78, 5) is 18.7. The number of likely N-dealkylation sites (N-methyl/N-ethyl adjacent to an activating group) is 1. The second-order valence-corrected chi connectivity index (χ2v) is 8.64. The zero-order valence-electron chi connectivity index (χ0n) is 17.3. The van der Waals surface area contributed by atoms with Crippen molar-refractivity contribution in [2.45, 2.75) is 18.0 Å². The van der Waals surface area contributed by atoms with Crippen LogP contribution in [0, 0.1) is 11.3 Å². The van der Waals surface area contributed by atoms with Crippen LogP contribution in [0.5, 0.6) is 0 Å². The molecule has 5 nitrogen and oxygen atoms in total. The van der Waals surface area contributed by atoms with Crippen molar-refractivity contribution >= 4 is 17.7 Å². The molecule has 2 aromatic rings. The standard InChI is InChI=1S/C23H28N4OS/c1-25(16-20-7-9-22(29-2)10-8-20)23(28)18-27-13-11-26(12-14-27)17-21-5-3-19(15-24)4-6-21/h3-10H,11-14,16-18H2,1-2H3/p+2. The normalized spacial score (nSPS) is 18.8. The molecule has 0 bridgehead atoms. The first-order valence-electron chi connectivity index (χ1n) is 10.1. The molecule has 0 radical (unpaired) electrons. The Kier molecular flexibility index (Phi) is 7.70. The maximum absolute atomic E-state index is 12.6. The summed E-state index contributed by atoms with van der Waals surface area (Å²) in [5.74, 6) is 0.212. The van der Waals surface area contributed by atoms with Gasteiger partial charge in [0.1, 0.15) is 32.7 Å². The molecule has 2 aromatic carbocycles. The second-order valence-electron chi connectivity index (χ2n) is 7.76. The van der Waals surface area contributed by atoms with E-state index in [-0.39, 0.29) is 5.91 Å². The summed E-state index contributed by atoms with van der Waals surface area (Å²) in [6.07, 6.45) is 2.07. The van der Waals surface area contributed by atoms with Crippen molar-refractivity contribution in [1.29, 1.82) is 5.26 Å². The van der Waals surface area contributed by atoms with E-state index in [1.54, 1.807) is 16.7 Å². The van der Waals surface area contributed by atoms with Crippen LogP contribution in [0.15, 0.2) is 53.4 Å². The molecule has 0 spiro atoms. The fraction of sp³-hybridized carbons (Fsp3) is 0.391. The molecule has 1 aliphatic heterocycles. The molecule has 29 heavy (non-hydrogen) atoms. The monoisotopic (exact) mass is 410 g/mol. The minimum Gasteiger partial charge on any atom is -0.337 e. The lowest BCUT2D eigenvalue weighted by Gasteiger charge is -2.30. The van der Waals surface area contributed by atoms with Crippen molar-refractivity contribution in [3.8, 4) is 6.07 Å². The van der Waals surface area contributed by atoms with Crippen molar-refractivity contribution in [2.75, 3.05) is 46.0 Å². The molecule has 1 aliphatic rings. The maximum atomic E-state index is 12.6. The number of nitrogens with one attached hydrogen (secondary N) is 2. The Morgan fingerprint density at radius 2 is 1.59 bits per heavy atom. The third kappa shape index (κ3) is 6.33. The number of carbonyl (C=O) groups is 1. The zero-order valence-corrected chi connectivity index (χ0v) is 18.1.